The largest absolute Gasteiger partial charge is 0.341 e. The number of aromatic nitrogens is 2. The number of sulfonamides is 1. The van der Waals surface area contributed by atoms with Crippen molar-refractivity contribution in [3.05, 3.63) is 47.2 Å². The van der Waals surface area contributed by atoms with E-state index in [0.717, 1.165) is 5.56 Å². The molecule has 0 radical (unpaired) electrons. The lowest BCUT2D eigenvalue weighted by molar-refractivity contribution is -0.135. The second-order valence-corrected chi connectivity index (χ2v) is 9.22. The van der Waals surface area contributed by atoms with Crippen LogP contribution in [0.3, 0.4) is 0 Å². The minimum atomic E-state index is -3.56. The van der Waals surface area contributed by atoms with Gasteiger partial charge in [0.15, 0.2) is 0 Å². The van der Waals surface area contributed by atoms with E-state index >= 15 is 0 Å². The molecule has 1 amide bonds. The summed E-state index contributed by atoms with van der Waals surface area (Å²) in [5.74, 6) is -0.120. The number of rotatable bonds is 5. The van der Waals surface area contributed by atoms with Crippen LogP contribution >= 0.6 is 11.6 Å². The van der Waals surface area contributed by atoms with Crippen molar-refractivity contribution < 1.29 is 13.2 Å². The Morgan fingerprint density at radius 3 is 2.44 bits per heavy atom. The Balaban J connectivity index is 1.59. The van der Waals surface area contributed by atoms with Gasteiger partial charge in [-0.25, -0.2) is 8.42 Å². The summed E-state index contributed by atoms with van der Waals surface area (Å²) in [6, 6.07) is 6.16. The molecule has 0 unspecified atom stereocenters. The molecule has 0 atom stereocenters. The molecule has 1 aliphatic heterocycles. The van der Waals surface area contributed by atoms with Gasteiger partial charge >= 0.3 is 0 Å². The molecule has 0 aliphatic carbocycles. The van der Waals surface area contributed by atoms with E-state index in [4.69, 9.17) is 11.6 Å². The van der Waals surface area contributed by atoms with Gasteiger partial charge in [0.2, 0.25) is 15.9 Å². The van der Waals surface area contributed by atoms with Crippen LogP contribution in [0.5, 0.6) is 0 Å². The Morgan fingerprint density at radius 2 is 1.89 bits per heavy atom. The average molecular weight is 411 g/mol. The molecule has 1 aliphatic rings. The predicted octanol–water partition coefficient (Wildman–Crippen LogP) is 2.13. The molecule has 7 nitrogen and oxygen atoms in total. The van der Waals surface area contributed by atoms with E-state index in [1.165, 1.54) is 16.4 Å². The number of piperidine rings is 1. The number of hydrogen-bond donors (Lipinski definition) is 0. The molecule has 1 fully saturated rings. The van der Waals surface area contributed by atoms with Gasteiger partial charge in [-0.15, -0.1) is 0 Å². The highest BCUT2D eigenvalue weighted by molar-refractivity contribution is 7.89. The molecule has 0 N–H and O–H groups in total. The van der Waals surface area contributed by atoms with Gasteiger partial charge in [0.1, 0.15) is 0 Å². The standard InChI is InChI=1S/C18H23ClN4O3S/c1-21(12-14-11-20-22(2)13-14)18(24)15-7-9-23(10-8-15)27(25,26)17-5-3-16(19)4-6-17/h3-6,11,13,15H,7-10,12H2,1-2H3. The van der Waals surface area contributed by atoms with Gasteiger partial charge in [-0.1, -0.05) is 11.6 Å². The van der Waals surface area contributed by atoms with Crippen molar-refractivity contribution in [3.63, 3.8) is 0 Å². The van der Waals surface area contributed by atoms with Crippen molar-refractivity contribution in [1.82, 2.24) is 19.0 Å². The van der Waals surface area contributed by atoms with Gasteiger partial charge < -0.3 is 4.90 Å². The Kier molecular flexibility index (Phi) is 5.88. The Bertz CT molecular complexity index is 903. The summed E-state index contributed by atoms with van der Waals surface area (Å²) >= 11 is 5.83. The Labute approximate surface area is 164 Å². The van der Waals surface area contributed by atoms with Crippen LogP contribution in [0.15, 0.2) is 41.6 Å². The second kappa shape index (κ2) is 8.00. The second-order valence-electron chi connectivity index (χ2n) is 6.85. The number of carbonyl (C=O) groups excluding carboxylic acids is 1. The van der Waals surface area contributed by atoms with Crippen molar-refractivity contribution in [1.29, 1.82) is 0 Å². The first-order chi connectivity index (χ1) is 12.8. The summed E-state index contributed by atoms with van der Waals surface area (Å²) in [7, 11) is 0.0503. The van der Waals surface area contributed by atoms with Crippen LogP contribution in [0.1, 0.15) is 18.4 Å². The maximum atomic E-state index is 12.7. The van der Waals surface area contributed by atoms with E-state index < -0.39 is 10.0 Å². The molecule has 27 heavy (non-hydrogen) atoms. The molecular formula is C18H23ClN4O3S. The van der Waals surface area contributed by atoms with Gasteiger partial charge in [0.25, 0.3) is 0 Å². The summed E-state index contributed by atoms with van der Waals surface area (Å²) in [5, 5.41) is 4.61. The maximum Gasteiger partial charge on any atom is 0.243 e. The molecule has 3 rings (SSSR count). The third-order valence-electron chi connectivity index (χ3n) is 4.81. The predicted molar refractivity (Wildman–Crippen MR) is 103 cm³/mol. The summed E-state index contributed by atoms with van der Waals surface area (Å²) in [6.07, 6.45) is 4.65. The van der Waals surface area contributed by atoms with Crippen LogP contribution in [0.25, 0.3) is 0 Å². The van der Waals surface area contributed by atoms with Crippen LogP contribution in [0, 0.1) is 5.92 Å². The van der Waals surface area contributed by atoms with Crippen LogP contribution < -0.4 is 0 Å². The van der Waals surface area contributed by atoms with Gasteiger partial charge in [-0.2, -0.15) is 9.40 Å². The molecule has 0 spiro atoms. The molecule has 1 aromatic carbocycles. The van der Waals surface area contributed by atoms with Crippen molar-refractivity contribution in [2.45, 2.75) is 24.3 Å². The van der Waals surface area contributed by atoms with E-state index in [1.54, 1.807) is 35.0 Å². The first kappa shape index (κ1) is 19.9. The SMILES string of the molecule is CN(Cc1cnn(C)c1)C(=O)C1CCN(S(=O)(=O)c2ccc(Cl)cc2)CC1. The van der Waals surface area contributed by atoms with E-state index in [9.17, 15) is 13.2 Å². The van der Waals surface area contributed by atoms with E-state index in [2.05, 4.69) is 5.10 Å². The van der Waals surface area contributed by atoms with Crippen LogP contribution in [0.4, 0.5) is 0 Å². The minimum Gasteiger partial charge on any atom is -0.341 e. The molecule has 2 heterocycles. The van der Waals surface area contributed by atoms with E-state index in [-0.39, 0.29) is 16.7 Å². The van der Waals surface area contributed by atoms with Crippen molar-refractivity contribution >= 4 is 27.5 Å². The Hall–Kier alpha value is -1.90. The molecule has 0 bridgehead atoms. The molecular weight excluding hydrogens is 388 g/mol. The number of halogens is 1. The smallest absolute Gasteiger partial charge is 0.243 e. The topological polar surface area (TPSA) is 75.5 Å². The van der Waals surface area contributed by atoms with E-state index in [0.29, 0.717) is 37.5 Å². The lowest BCUT2D eigenvalue weighted by Gasteiger charge is -2.32. The number of amides is 1. The normalized spacial score (nSPS) is 16.4. The molecule has 146 valence electrons. The van der Waals surface area contributed by atoms with Crippen LogP contribution in [-0.2, 0) is 28.4 Å². The third-order valence-corrected chi connectivity index (χ3v) is 6.97. The summed E-state index contributed by atoms with van der Waals surface area (Å²) in [6.45, 7) is 1.17. The maximum absolute atomic E-state index is 12.7. The summed E-state index contributed by atoms with van der Waals surface area (Å²) in [4.78, 5) is 14.6. The lowest BCUT2D eigenvalue weighted by Crippen LogP contribution is -2.43. The average Bonchev–Trinajstić information content (AvgIpc) is 3.06. The third kappa shape index (κ3) is 4.51. The molecule has 1 saturated heterocycles. The molecule has 1 aromatic heterocycles. The van der Waals surface area contributed by atoms with Crippen molar-refractivity contribution in [2.24, 2.45) is 13.0 Å². The van der Waals surface area contributed by atoms with Gasteiger partial charge in [-0.05, 0) is 37.1 Å². The van der Waals surface area contributed by atoms with Crippen molar-refractivity contribution in [2.75, 3.05) is 20.1 Å². The zero-order chi connectivity index (χ0) is 19.6. The fourth-order valence-electron chi connectivity index (χ4n) is 3.32. The lowest BCUT2D eigenvalue weighted by atomic mass is 9.96. The molecule has 2 aromatic rings. The fourth-order valence-corrected chi connectivity index (χ4v) is 4.91. The zero-order valence-corrected chi connectivity index (χ0v) is 16.9. The highest BCUT2D eigenvalue weighted by atomic mass is 35.5. The number of carbonyl (C=O) groups is 1. The number of aryl methyl sites for hydroxylation is 1. The van der Waals surface area contributed by atoms with Crippen molar-refractivity contribution in [3.8, 4) is 0 Å². The molecule has 0 saturated carbocycles. The molecule has 9 heteroatoms. The number of benzene rings is 1. The first-order valence-corrected chi connectivity index (χ1v) is 10.6. The minimum absolute atomic E-state index is 0.0439. The van der Waals surface area contributed by atoms with Gasteiger partial charge in [0.05, 0.1) is 11.1 Å². The van der Waals surface area contributed by atoms with Crippen LogP contribution in [0.2, 0.25) is 5.02 Å². The first-order valence-electron chi connectivity index (χ1n) is 8.75. The number of nitrogens with zero attached hydrogens (tertiary/aromatic N) is 4. The van der Waals surface area contributed by atoms with Crippen LogP contribution in [-0.4, -0.2) is 53.4 Å². The van der Waals surface area contributed by atoms with E-state index in [1.807, 2.05) is 13.2 Å². The number of hydrogen-bond acceptors (Lipinski definition) is 4. The zero-order valence-electron chi connectivity index (χ0n) is 15.4. The monoisotopic (exact) mass is 410 g/mol. The fraction of sp³-hybridized carbons (Fsp3) is 0.444. The highest BCUT2D eigenvalue weighted by Crippen LogP contribution is 2.26. The Morgan fingerprint density at radius 1 is 1.26 bits per heavy atom. The summed E-state index contributed by atoms with van der Waals surface area (Å²) in [5.41, 5.74) is 0.969. The quantitative estimate of drug-likeness (QED) is 0.756. The van der Waals surface area contributed by atoms with Gasteiger partial charge in [0, 0.05) is 56.4 Å². The van der Waals surface area contributed by atoms with Gasteiger partial charge in [-0.3, -0.25) is 9.48 Å². The highest BCUT2D eigenvalue weighted by Gasteiger charge is 2.33. The summed E-state index contributed by atoms with van der Waals surface area (Å²) < 4.78 is 28.6.